The molecule has 2 aliphatic heterocycles. The Morgan fingerprint density at radius 3 is 2.57 bits per heavy atom. The smallest absolute Gasteiger partial charge is 0.269 e. The molecule has 0 bridgehead atoms. The van der Waals surface area contributed by atoms with Crippen LogP contribution in [0.2, 0.25) is 0 Å². The number of nitrogens with zero attached hydrogens (tertiary/aromatic N) is 5. The number of rotatable bonds is 5. The van der Waals surface area contributed by atoms with E-state index in [9.17, 15) is 13.2 Å². The van der Waals surface area contributed by atoms with Crippen LogP contribution in [-0.4, -0.2) is 58.7 Å². The maximum atomic E-state index is 13.0. The van der Waals surface area contributed by atoms with Gasteiger partial charge in [-0.15, -0.1) is 0 Å². The van der Waals surface area contributed by atoms with Crippen molar-refractivity contribution in [3.05, 3.63) is 34.6 Å². The number of hydrogen-bond acceptors (Lipinski definition) is 6. The largest absolute Gasteiger partial charge is 0.370 e. The number of aromatic nitrogens is 4. The number of hydrogen-bond donors (Lipinski definition) is 1. The molecule has 2 fully saturated rings. The molecule has 4 rings (SSSR count). The second kappa shape index (κ2) is 7.32. The van der Waals surface area contributed by atoms with E-state index < -0.39 is 10.0 Å². The summed E-state index contributed by atoms with van der Waals surface area (Å²) in [6.45, 7) is 6.46. The molecule has 2 aromatic heterocycles. The summed E-state index contributed by atoms with van der Waals surface area (Å²) < 4.78 is 28.9. The summed E-state index contributed by atoms with van der Waals surface area (Å²) in [4.78, 5) is 21.8. The summed E-state index contributed by atoms with van der Waals surface area (Å²) in [5.74, 6) is 0.761. The van der Waals surface area contributed by atoms with E-state index >= 15 is 0 Å². The fraction of sp³-hybridized carbons (Fsp3) is 0.611. The van der Waals surface area contributed by atoms with E-state index in [1.807, 2.05) is 13.8 Å². The molecule has 1 N–H and O–H groups in total. The van der Waals surface area contributed by atoms with Crippen LogP contribution in [0.1, 0.15) is 50.9 Å². The first-order valence-corrected chi connectivity index (χ1v) is 11.2. The highest BCUT2D eigenvalue weighted by molar-refractivity contribution is 7.89. The van der Waals surface area contributed by atoms with Gasteiger partial charge in [-0.1, -0.05) is 13.8 Å². The summed E-state index contributed by atoms with van der Waals surface area (Å²) in [7, 11) is -3.68. The predicted octanol–water partition coefficient (Wildman–Crippen LogP) is 1.33. The van der Waals surface area contributed by atoms with Gasteiger partial charge in [-0.2, -0.15) is 9.40 Å². The Bertz CT molecular complexity index is 1010. The first-order valence-electron chi connectivity index (χ1n) is 9.75. The molecule has 0 aliphatic carbocycles. The van der Waals surface area contributed by atoms with Crippen molar-refractivity contribution in [1.82, 2.24) is 24.1 Å². The highest BCUT2D eigenvalue weighted by atomic mass is 32.2. The van der Waals surface area contributed by atoms with Gasteiger partial charge in [0.25, 0.3) is 15.6 Å². The van der Waals surface area contributed by atoms with Gasteiger partial charge in [0, 0.05) is 38.2 Å². The minimum Gasteiger partial charge on any atom is -0.370 e. The highest BCUT2D eigenvalue weighted by Crippen LogP contribution is 2.26. The third-order valence-electron chi connectivity index (χ3n) is 5.47. The van der Waals surface area contributed by atoms with Crippen molar-refractivity contribution < 1.29 is 8.42 Å². The maximum absolute atomic E-state index is 13.0. The Morgan fingerprint density at radius 2 is 1.96 bits per heavy atom. The van der Waals surface area contributed by atoms with Gasteiger partial charge in [0.15, 0.2) is 5.03 Å². The second-order valence-electron chi connectivity index (χ2n) is 7.78. The molecule has 0 saturated carbocycles. The van der Waals surface area contributed by atoms with Crippen molar-refractivity contribution in [3.8, 4) is 0 Å². The number of imidazole rings is 1. The van der Waals surface area contributed by atoms with Gasteiger partial charge in [-0.3, -0.25) is 4.79 Å². The first-order chi connectivity index (χ1) is 13.4. The fourth-order valence-electron chi connectivity index (χ4n) is 3.65. The molecule has 0 aromatic carbocycles. The number of sulfonamides is 1. The van der Waals surface area contributed by atoms with Gasteiger partial charge >= 0.3 is 0 Å². The number of anilines is 1. The van der Waals surface area contributed by atoms with E-state index in [1.54, 1.807) is 12.3 Å². The maximum Gasteiger partial charge on any atom is 0.269 e. The van der Waals surface area contributed by atoms with E-state index in [2.05, 4.69) is 20.0 Å². The molecular weight excluding hydrogens is 380 g/mol. The van der Waals surface area contributed by atoms with E-state index in [1.165, 1.54) is 15.2 Å². The summed E-state index contributed by atoms with van der Waals surface area (Å²) >= 11 is 0. The number of H-pyrrole nitrogens is 1. The third-order valence-corrected chi connectivity index (χ3v) is 7.25. The molecule has 9 nitrogen and oxygen atoms in total. The Balaban J connectivity index is 1.54. The van der Waals surface area contributed by atoms with Crippen LogP contribution >= 0.6 is 0 Å². The van der Waals surface area contributed by atoms with Crippen LogP contribution in [0.3, 0.4) is 0 Å². The lowest BCUT2D eigenvalue weighted by Crippen LogP contribution is -2.44. The number of piperidine rings is 1. The molecule has 2 aliphatic rings. The van der Waals surface area contributed by atoms with Gasteiger partial charge in [0.1, 0.15) is 5.82 Å². The highest BCUT2D eigenvalue weighted by Gasteiger charge is 2.33. The molecule has 4 heterocycles. The zero-order valence-corrected chi connectivity index (χ0v) is 17.0. The summed E-state index contributed by atoms with van der Waals surface area (Å²) in [6.07, 6.45) is 5.61. The van der Waals surface area contributed by atoms with E-state index in [0.717, 1.165) is 31.6 Å². The van der Waals surface area contributed by atoms with Gasteiger partial charge in [-0.25, -0.2) is 18.1 Å². The normalized spacial score (nSPS) is 21.1. The summed E-state index contributed by atoms with van der Waals surface area (Å²) in [5.41, 5.74) is 0.656. The quantitative estimate of drug-likeness (QED) is 0.803. The molecule has 0 unspecified atom stereocenters. The van der Waals surface area contributed by atoms with E-state index in [0.29, 0.717) is 18.8 Å². The lowest BCUT2D eigenvalue weighted by molar-refractivity contribution is 0.247. The van der Waals surface area contributed by atoms with E-state index in [-0.39, 0.29) is 29.1 Å². The number of aromatic amines is 1. The van der Waals surface area contributed by atoms with Crippen LogP contribution in [0.15, 0.2) is 28.3 Å². The predicted molar refractivity (Wildman–Crippen MR) is 105 cm³/mol. The molecule has 0 amide bonds. The molecule has 28 heavy (non-hydrogen) atoms. The van der Waals surface area contributed by atoms with Gasteiger partial charge in [-0.05, 0) is 19.3 Å². The van der Waals surface area contributed by atoms with Gasteiger partial charge in [0.2, 0.25) is 0 Å². The van der Waals surface area contributed by atoms with Crippen molar-refractivity contribution >= 4 is 15.7 Å². The van der Waals surface area contributed by atoms with Crippen molar-refractivity contribution in [3.63, 3.8) is 0 Å². The van der Waals surface area contributed by atoms with Gasteiger partial charge < -0.3 is 9.88 Å². The van der Waals surface area contributed by atoms with Crippen LogP contribution in [0.5, 0.6) is 0 Å². The first kappa shape index (κ1) is 19.1. The van der Waals surface area contributed by atoms with Crippen LogP contribution in [0, 0.1) is 0 Å². The molecular formula is C18H26N6O3S. The summed E-state index contributed by atoms with van der Waals surface area (Å²) in [6, 6.07) is 1.33. The Kier molecular flexibility index (Phi) is 5.00. The Morgan fingerprint density at radius 1 is 1.18 bits per heavy atom. The minimum atomic E-state index is -3.68. The lowest BCUT2D eigenvalue weighted by Gasteiger charge is -2.34. The van der Waals surface area contributed by atoms with E-state index in [4.69, 9.17) is 0 Å². The third kappa shape index (κ3) is 3.46. The standard InChI is InChI=1S/C18H26N6O3S/c1-13(2)18-19-11-16(21-18)28(26,27)23-8-3-5-14(12-23)24-17(25)9-15(10-20-24)22-6-4-7-22/h9-11,13-14H,3-8,12H2,1-2H3,(H,19,21)/t14-/m1/s1. The van der Waals surface area contributed by atoms with Gasteiger partial charge in [0.05, 0.1) is 24.1 Å². The zero-order chi connectivity index (χ0) is 19.9. The van der Waals surface area contributed by atoms with Crippen molar-refractivity contribution in [2.45, 2.75) is 50.1 Å². The second-order valence-corrected chi connectivity index (χ2v) is 9.69. The SMILES string of the molecule is CC(C)c1ncc(S(=O)(=O)N2CCC[C@@H](n3ncc(N4CCC4)cc3=O)C2)[nH]1. The zero-order valence-electron chi connectivity index (χ0n) is 16.2. The van der Waals surface area contributed by atoms with Crippen molar-refractivity contribution in [1.29, 1.82) is 0 Å². The Hall–Kier alpha value is -2.20. The van der Waals surface area contributed by atoms with Crippen LogP contribution in [0.4, 0.5) is 5.69 Å². The Labute approximate surface area is 164 Å². The average Bonchev–Trinajstić information content (AvgIpc) is 3.12. The lowest BCUT2D eigenvalue weighted by atomic mass is 10.1. The van der Waals surface area contributed by atoms with Crippen LogP contribution < -0.4 is 10.5 Å². The summed E-state index contributed by atoms with van der Waals surface area (Å²) in [5, 5.41) is 4.44. The number of nitrogens with one attached hydrogen (secondary N) is 1. The molecule has 2 aromatic rings. The monoisotopic (exact) mass is 406 g/mol. The van der Waals surface area contributed by atoms with Crippen LogP contribution in [-0.2, 0) is 10.0 Å². The molecule has 10 heteroatoms. The van der Waals surface area contributed by atoms with Crippen LogP contribution in [0.25, 0.3) is 0 Å². The fourth-order valence-corrected chi connectivity index (χ4v) is 5.09. The molecule has 1 atom stereocenters. The topological polar surface area (TPSA) is 104 Å². The molecule has 2 saturated heterocycles. The average molecular weight is 407 g/mol. The molecule has 0 radical (unpaired) electrons. The molecule has 152 valence electrons. The van der Waals surface area contributed by atoms with Crippen molar-refractivity contribution in [2.75, 3.05) is 31.1 Å². The minimum absolute atomic E-state index is 0.102. The van der Waals surface area contributed by atoms with Crippen molar-refractivity contribution in [2.24, 2.45) is 0 Å². The molecule has 0 spiro atoms.